The predicted molar refractivity (Wildman–Crippen MR) is 74.9 cm³/mol. The van der Waals surface area contributed by atoms with Crippen LogP contribution >= 0.6 is 0 Å². The van der Waals surface area contributed by atoms with E-state index in [1.165, 1.54) is 5.56 Å². The minimum absolute atomic E-state index is 0.296. The lowest BCUT2D eigenvalue weighted by atomic mass is 10.1. The van der Waals surface area contributed by atoms with Crippen LogP contribution in [0.5, 0.6) is 5.75 Å². The highest BCUT2D eigenvalue weighted by Crippen LogP contribution is 2.21. The van der Waals surface area contributed by atoms with Crippen LogP contribution in [0.2, 0.25) is 0 Å². The number of hydrogen-bond donors (Lipinski definition) is 2. The van der Waals surface area contributed by atoms with Gasteiger partial charge in [0.05, 0.1) is 5.60 Å². The fourth-order valence-corrected chi connectivity index (χ4v) is 1.56. The van der Waals surface area contributed by atoms with Crippen molar-refractivity contribution < 1.29 is 9.84 Å². The van der Waals surface area contributed by atoms with Gasteiger partial charge in [0, 0.05) is 18.2 Å². The maximum absolute atomic E-state index is 9.70. The largest absolute Gasteiger partial charge is 0.490 e. The highest BCUT2D eigenvalue weighted by atomic mass is 16.5. The van der Waals surface area contributed by atoms with E-state index in [1.807, 2.05) is 12.1 Å². The molecule has 1 aromatic carbocycles. The zero-order valence-corrected chi connectivity index (χ0v) is 12.1. The van der Waals surface area contributed by atoms with Crippen LogP contribution in [0.25, 0.3) is 0 Å². The molecule has 0 aliphatic heterocycles. The first-order valence-electron chi connectivity index (χ1n) is 6.46. The summed E-state index contributed by atoms with van der Waals surface area (Å²) in [6, 6.07) is 6.55. The second kappa shape index (κ2) is 6.21. The Morgan fingerprint density at radius 1 is 1.33 bits per heavy atom. The van der Waals surface area contributed by atoms with E-state index in [9.17, 15) is 5.11 Å². The van der Waals surface area contributed by atoms with Crippen LogP contribution in [0.4, 0.5) is 0 Å². The van der Waals surface area contributed by atoms with Crippen LogP contribution < -0.4 is 10.1 Å². The molecule has 0 amide bonds. The highest BCUT2D eigenvalue weighted by molar-refractivity contribution is 5.37. The second-order valence-electron chi connectivity index (χ2n) is 5.75. The molecule has 102 valence electrons. The number of nitrogens with one attached hydrogen (secondary N) is 1. The molecule has 0 aliphatic carbocycles. The standard InChI is InChI=1S/C15H25NO2/c1-11(2)16-9-13-8-12(3)6-7-14(13)18-10-15(4,5)17/h6-8,11,16-17H,9-10H2,1-5H3. The lowest BCUT2D eigenvalue weighted by Crippen LogP contribution is -2.28. The third-order valence-corrected chi connectivity index (χ3v) is 2.50. The third kappa shape index (κ3) is 5.52. The minimum atomic E-state index is -0.812. The maximum Gasteiger partial charge on any atom is 0.123 e. The van der Waals surface area contributed by atoms with Gasteiger partial charge in [0.2, 0.25) is 0 Å². The molecule has 3 heteroatoms. The molecule has 18 heavy (non-hydrogen) atoms. The van der Waals surface area contributed by atoms with Gasteiger partial charge in [-0.3, -0.25) is 0 Å². The smallest absolute Gasteiger partial charge is 0.123 e. The van der Waals surface area contributed by atoms with E-state index in [-0.39, 0.29) is 0 Å². The molecule has 2 N–H and O–H groups in total. The van der Waals surface area contributed by atoms with Crippen LogP contribution in [0.1, 0.15) is 38.8 Å². The molecular formula is C15H25NO2. The summed E-state index contributed by atoms with van der Waals surface area (Å²) < 4.78 is 5.70. The normalized spacial score (nSPS) is 11.9. The minimum Gasteiger partial charge on any atom is -0.490 e. The van der Waals surface area contributed by atoms with Gasteiger partial charge in [0.25, 0.3) is 0 Å². The van der Waals surface area contributed by atoms with Crippen LogP contribution in [0, 0.1) is 6.92 Å². The van der Waals surface area contributed by atoms with E-state index in [0.717, 1.165) is 17.9 Å². The molecule has 0 saturated carbocycles. The molecule has 0 saturated heterocycles. The molecule has 0 unspecified atom stereocenters. The molecule has 0 aromatic heterocycles. The Balaban J connectivity index is 2.76. The summed E-state index contributed by atoms with van der Waals surface area (Å²) in [6.45, 7) is 10.9. The topological polar surface area (TPSA) is 41.5 Å². The van der Waals surface area contributed by atoms with Gasteiger partial charge >= 0.3 is 0 Å². The molecule has 1 rings (SSSR count). The molecular weight excluding hydrogens is 226 g/mol. The van der Waals surface area contributed by atoms with Gasteiger partial charge in [-0.05, 0) is 26.8 Å². The molecule has 0 aliphatic rings. The molecule has 1 aromatic rings. The number of rotatable bonds is 6. The first kappa shape index (κ1) is 15.0. The molecule has 0 fully saturated rings. The Kier molecular flexibility index (Phi) is 5.17. The fourth-order valence-electron chi connectivity index (χ4n) is 1.56. The van der Waals surface area contributed by atoms with Gasteiger partial charge in [-0.1, -0.05) is 31.5 Å². The number of hydrogen-bond acceptors (Lipinski definition) is 3. The van der Waals surface area contributed by atoms with E-state index in [4.69, 9.17) is 4.74 Å². The molecule has 3 nitrogen and oxygen atoms in total. The molecule has 0 bridgehead atoms. The summed E-state index contributed by atoms with van der Waals surface area (Å²) in [5.74, 6) is 0.843. The maximum atomic E-state index is 9.70. The Morgan fingerprint density at radius 3 is 2.56 bits per heavy atom. The van der Waals surface area contributed by atoms with Crippen LogP contribution in [-0.2, 0) is 6.54 Å². The van der Waals surface area contributed by atoms with E-state index in [2.05, 4.69) is 32.2 Å². The van der Waals surface area contributed by atoms with Gasteiger partial charge in [-0.2, -0.15) is 0 Å². The van der Waals surface area contributed by atoms with E-state index >= 15 is 0 Å². The van der Waals surface area contributed by atoms with Gasteiger partial charge < -0.3 is 15.2 Å². The van der Waals surface area contributed by atoms with Gasteiger partial charge in [0.1, 0.15) is 12.4 Å². The van der Waals surface area contributed by atoms with Crippen molar-refractivity contribution in [3.05, 3.63) is 29.3 Å². The summed E-state index contributed by atoms with van der Waals surface area (Å²) >= 11 is 0. The van der Waals surface area contributed by atoms with Crippen molar-refractivity contribution in [2.75, 3.05) is 6.61 Å². The van der Waals surface area contributed by atoms with Crippen molar-refractivity contribution in [1.82, 2.24) is 5.32 Å². The molecule has 0 spiro atoms. The third-order valence-electron chi connectivity index (χ3n) is 2.50. The van der Waals surface area contributed by atoms with Gasteiger partial charge in [-0.25, -0.2) is 0 Å². The monoisotopic (exact) mass is 251 g/mol. The number of aryl methyl sites for hydroxylation is 1. The summed E-state index contributed by atoms with van der Waals surface area (Å²) in [4.78, 5) is 0. The van der Waals surface area contributed by atoms with Crippen molar-refractivity contribution in [3.8, 4) is 5.75 Å². The summed E-state index contributed by atoms with van der Waals surface area (Å²) in [6.07, 6.45) is 0. The Bertz CT molecular complexity index is 381. The Labute approximate surface area is 110 Å². The first-order valence-corrected chi connectivity index (χ1v) is 6.46. The number of aliphatic hydroxyl groups is 1. The number of benzene rings is 1. The summed E-state index contributed by atoms with van der Waals surface area (Å²) in [7, 11) is 0. The van der Waals surface area contributed by atoms with Gasteiger partial charge in [-0.15, -0.1) is 0 Å². The van der Waals surface area contributed by atoms with Crippen molar-refractivity contribution in [2.24, 2.45) is 0 Å². The van der Waals surface area contributed by atoms with E-state index < -0.39 is 5.60 Å². The molecule has 0 heterocycles. The van der Waals surface area contributed by atoms with Crippen molar-refractivity contribution in [3.63, 3.8) is 0 Å². The van der Waals surface area contributed by atoms with Crippen LogP contribution in [0.3, 0.4) is 0 Å². The summed E-state index contributed by atoms with van der Waals surface area (Å²) in [5.41, 5.74) is 1.53. The Morgan fingerprint density at radius 2 is 2.00 bits per heavy atom. The Hall–Kier alpha value is -1.06. The van der Waals surface area contributed by atoms with Crippen LogP contribution in [0.15, 0.2) is 18.2 Å². The molecule has 0 radical (unpaired) electrons. The average Bonchev–Trinajstić information content (AvgIpc) is 2.23. The highest BCUT2D eigenvalue weighted by Gasteiger charge is 2.14. The molecule has 0 atom stereocenters. The zero-order chi connectivity index (χ0) is 13.8. The number of ether oxygens (including phenoxy) is 1. The first-order chi connectivity index (χ1) is 8.28. The van der Waals surface area contributed by atoms with E-state index in [1.54, 1.807) is 13.8 Å². The lowest BCUT2D eigenvalue weighted by molar-refractivity contribution is 0.0281. The SMILES string of the molecule is Cc1ccc(OCC(C)(C)O)c(CNC(C)C)c1. The summed E-state index contributed by atoms with van der Waals surface area (Å²) in [5, 5.41) is 13.1. The van der Waals surface area contributed by atoms with Crippen LogP contribution in [-0.4, -0.2) is 23.4 Å². The zero-order valence-electron chi connectivity index (χ0n) is 12.1. The predicted octanol–water partition coefficient (Wildman–Crippen LogP) is 2.64. The lowest BCUT2D eigenvalue weighted by Gasteiger charge is -2.20. The van der Waals surface area contributed by atoms with Gasteiger partial charge in [0.15, 0.2) is 0 Å². The fraction of sp³-hybridized carbons (Fsp3) is 0.600. The van der Waals surface area contributed by atoms with Crippen molar-refractivity contribution in [1.29, 1.82) is 0 Å². The van der Waals surface area contributed by atoms with E-state index in [0.29, 0.717) is 12.6 Å². The van der Waals surface area contributed by atoms with Crippen molar-refractivity contribution >= 4 is 0 Å². The quantitative estimate of drug-likeness (QED) is 0.816. The van der Waals surface area contributed by atoms with Crippen molar-refractivity contribution in [2.45, 2.75) is 52.8 Å². The average molecular weight is 251 g/mol. The second-order valence-corrected chi connectivity index (χ2v) is 5.75.